The van der Waals surface area contributed by atoms with Gasteiger partial charge < -0.3 is 5.73 Å². The van der Waals surface area contributed by atoms with Crippen molar-refractivity contribution in [1.29, 1.82) is 0 Å². The molecule has 1 aromatic carbocycles. The van der Waals surface area contributed by atoms with E-state index < -0.39 is 0 Å². The van der Waals surface area contributed by atoms with Crippen LogP contribution in [0.15, 0.2) is 18.2 Å². The van der Waals surface area contributed by atoms with E-state index in [-0.39, 0.29) is 11.5 Å². The van der Waals surface area contributed by atoms with Crippen LogP contribution in [0, 0.1) is 11.7 Å². The Balaban J connectivity index is 1.99. The maximum absolute atomic E-state index is 13.3. The van der Waals surface area contributed by atoms with Crippen LogP contribution in [0.2, 0.25) is 0 Å². The lowest BCUT2D eigenvalue weighted by molar-refractivity contribution is 0.226. The molecule has 1 saturated carbocycles. The van der Waals surface area contributed by atoms with Gasteiger partial charge in [-0.2, -0.15) is 0 Å². The van der Waals surface area contributed by atoms with Gasteiger partial charge in [0.15, 0.2) is 0 Å². The van der Waals surface area contributed by atoms with Gasteiger partial charge >= 0.3 is 0 Å². The van der Waals surface area contributed by atoms with Crippen LogP contribution in [0.4, 0.5) is 10.1 Å². The number of nitrogens with zero attached hydrogens (tertiary/aromatic N) is 1. The number of rotatable bonds is 4. The van der Waals surface area contributed by atoms with Crippen molar-refractivity contribution >= 4 is 5.69 Å². The fraction of sp³-hybridized carbons (Fsp3) is 0.538. The molecule has 1 fully saturated rings. The molecule has 2 nitrogen and oxygen atoms in total. The first-order valence-electron chi connectivity index (χ1n) is 5.82. The maximum atomic E-state index is 13.3. The first kappa shape index (κ1) is 11.4. The third kappa shape index (κ3) is 2.53. The first-order chi connectivity index (χ1) is 7.58. The van der Waals surface area contributed by atoms with Crippen LogP contribution in [-0.2, 0) is 6.54 Å². The van der Waals surface area contributed by atoms with Gasteiger partial charge in [-0.25, -0.2) is 4.39 Å². The van der Waals surface area contributed by atoms with Gasteiger partial charge in [-0.1, -0.05) is 6.07 Å². The van der Waals surface area contributed by atoms with Gasteiger partial charge in [0.2, 0.25) is 0 Å². The predicted octanol–water partition coefficient (Wildman–Crippen LogP) is 2.64. The number of nitrogens with two attached hydrogens (primary N) is 1. The highest BCUT2D eigenvalue weighted by Gasteiger charge is 2.30. The Morgan fingerprint density at radius 2 is 2.19 bits per heavy atom. The molecule has 1 aromatic rings. The second kappa shape index (κ2) is 4.42. The third-order valence-corrected chi connectivity index (χ3v) is 3.50. The smallest absolute Gasteiger partial charge is 0.146 e. The van der Waals surface area contributed by atoms with Gasteiger partial charge in [0.25, 0.3) is 0 Å². The van der Waals surface area contributed by atoms with Gasteiger partial charge in [0.05, 0.1) is 5.69 Å². The van der Waals surface area contributed by atoms with Gasteiger partial charge in [-0.3, -0.25) is 4.90 Å². The standard InChI is InChI=1S/C13H19FN2/c1-9(11-4-5-11)16(2)8-10-3-6-13(15)12(14)7-10/h3,6-7,9,11H,4-5,8,15H2,1-2H3. The number of hydrogen-bond acceptors (Lipinski definition) is 2. The van der Waals surface area contributed by atoms with Gasteiger partial charge in [-0.15, -0.1) is 0 Å². The minimum atomic E-state index is -0.315. The van der Waals surface area contributed by atoms with E-state index >= 15 is 0 Å². The van der Waals surface area contributed by atoms with Crippen molar-refractivity contribution in [3.8, 4) is 0 Å². The summed E-state index contributed by atoms with van der Waals surface area (Å²) in [7, 11) is 2.09. The summed E-state index contributed by atoms with van der Waals surface area (Å²) in [5.41, 5.74) is 6.66. The number of halogens is 1. The number of anilines is 1. The fourth-order valence-electron chi connectivity index (χ4n) is 2.04. The molecule has 2 N–H and O–H groups in total. The van der Waals surface area contributed by atoms with Crippen molar-refractivity contribution in [1.82, 2.24) is 4.90 Å². The normalized spacial score (nSPS) is 17.8. The zero-order valence-corrected chi connectivity index (χ0v) is 9.91. The Bertz CT molecular complexity index is 374. The molecule has 0 aromatic heterocycles. The lowest BCUT2D eigenvalue weighted by atomic mass is 10.1. The van der Waals surface area contributed by atoms with E-state index in [1.54, 1.807) is 6.07 Å². The van der Waals surface area contributed by atoms with Crippen molar-refractivity contribution in [3.63, 3.8) is 0 Å². The molecule has 3 heteroatoms. The number of benzene rings is 1. The highest BCUT2D eigenvalue weighted by molar-refractivity contribution is 5.41. The van der Waals surface area contributed by atoms with E-state index in [4.69, 9.17) is 5.73 Å². The van der Waals surface area contributed by atoms with E-state index in [0.29, 0.717) is 6.04 Å². The maximum Gasteiger partial charge on any atom is 0.146 e. The van der Waals surface area contributed by atoms with Crippen molar-refractivity contribution in [2.75, 3.05) is 12.8 Å². The Hall–Kier alpha value is -1.09. The summed E-state index contributed by atoms with van der Waals surface area (Å²) in [6, 6.07) is 5.65. The lowest BCUT2D eigenvalue weighted by Gasteiger charge is -2.24. The highest BCUT2D eigenvalue weighted by atomic mass is 19.1. The molecule has 0 radical (unpaired) electrons. The zero-order chi connectivity index (χ0) is 11.7. The Morgan fingerprint density at radius 1 is 1.50 bits per heavy atom. The third-order valence-electron chi connectivity index (χ3n) is 3.50. The van der Waals surface area contributed by atoms with Crippen molar-refractivity contribution in [2.45, 2.75) is 32.4 Å². The van der Waals surface area contributed by atoms with E-state index in [0.717, 1.165) is 18.0 Å². The van der Waals surface area contributed by atoms with Gasteiger partial charge in [0.1, 0.15) is 5.82 Å². The molecular formula is C13H19FN2. The highest BCUT2D eigenvalue weighted by Crippen LogP contribution is 2.35. The summed E-state index contributed by atoms with van der Waals surface area (Å²) < 4.78 is 13.3. The summed E-state index contributed by atoms with van der Waals surface area (Å²) in [6.45, 7) is 3.03. The van der Waals surface area contributed by atoms with Crippen LogP contribution in [-0.4, -0.2) is 18.0 Å². The van der Waals surface area contributed by atoms with E-state index in [9.17, 15) is 4.39 Å². The average Bonchev–Trinajstić information content (AvgIpc) is 3.06. The quantitative estimate of drug-likeness (QED) is 0.793. The van der Waals surface area contributed by atoms with Crippen molar-refractivity contribution in [3.05, 3.63) is 29.6 Å². The largest absolute Gasteiger partial charge is 0.396 e. The summed E-state index contributed by atoms with van der Waals surface area (Å²) in [5.74, 6) is 0.522. The molecule has 0 heterocycles. The minimum Gasteiger partial charge on any atom is -0.396 e. The lowest BCUT2D eigenvalue weighted by Crippen LogP contribution is -2.30. The van der Waals surface area contributed by atoms with E-state index in [2.05, 4.69) is 18.9 Å². The summed E-state index contributed by atoms with van der Waals surface area (Å²) in [5, 5.41) is 0. The molecule has 0 bridgehead atoms. The summed E-state index contributed by atoms with van der Waals surface area (Å²) >= 11 is 0. The van der Waals surface area contributed by atoms with E-state index in [1.165, 1.54) is 18.9 Å². The van der Waals surface area contributed by atoms with Crippen LogP contribution >= 0.6 is 0 Å². The Labute approximate surface area is 96.2 Å². The number of hydrogen-bond donors (Lipinski definition) is 1. The molecule has 16 heavy (non-hydrogen) atoms. The van der Waals surface area contributed by atoms with Crippen LogP contribution in [0.25, 0.3) is 0 Å². The van der Waals surface area contributed by atoms with Gasteiger partial charge in [-0.05, 0) is 50.4 Å². The fourth-order valence-corrected chi connectivity index (χ4v) is 2.04. The van der Waals surface area contributed by atoms with Crippen LogP contribution in [0.3, 0.4) is 0 Å². The molecule has 1 aliphatic rings. The molecule has 0 spiro atoms. The monoisotopic (exact) mass is 222 g/mol. The average molecular weight is 222 g/mol. The Morgan fingerprint density at radius 3 is 2.75 bits per heavy atom. The molecule has 1 aliphatic carbocycles. The van der Waals surface area contributed by atoms with Crippen molar-refractivity contribution < 1.29 is 4.39 Å². The summed E-state index contributed by atoms with van der Waals surface area (Å²) in [6.07, 6.45) is 2.67. The topological polar surface area (TPSA) is 29.3 Å². The molecular weight excluding hydrogens is 203 g/mol. The summed E-state index contributed by atoms with van der Waals surface area (Å²) in [4.78, 5) is 2.28. The van der Waals surface area contributed by atoms with Crippen molar-refractivity contribution in [2.24, 2.45) is 5.92 Å². The second-order valence-corrected chi connectivity index (χ2v) is 4.85. The number of nitrogen functional groups attached to an aromatic ring is 1. The zero-order valence-electron chi connectivity index (χ0n) is 9.91. The molecule has 88 valence electrons. The van der Waals surface area contributed by atoms with Crippen LogP contribution in [0.1, 0.15) is 25.3 Å². The molecule has 0 saturated heterocycles. The van der Waals surface area contributed by atoms with E-state index in [1.807, 2.05) is 6.07 Å². The first-order valence-corrected chi connectivity index (χ1v) is 5.82. The predicted molar refractivity (Wildman–Crippen MR) is 64.5 cm³/mol. The van der Waals surface area contributed by atoms with Gasteiger partial charge in [0, 0.05) is 12.6 Å². The minimum absolute atomic E-state index is 0.224. The molecule has 0 aliphatic heterocycles. The molecule has 1 atom stereocenters. The molecule has 0 amide bonds. The molecule has 2 rings (SSSR count). The second-order valence-electron chi connectivity index (χ2n) is 4.85. The Kier molecular flexibility index (Phi) is 3.15. The SMILES string of the molecule is CC(C1CC1)N(C)Cc1ccc(N)c(F)c1. The van der Waals surface area contributed by atoms with Crippen LogP contribution < -0.4 is 5.73 Å². The molecule has 1 unspecified atom stereocenters. The van der Waals surface area contributed by atoms with Crippen LogP contribution in [0.5, 0.6) is 0 Å².